The lowest BCUT2D eigenvalue weighted by Crippen LogP contribution is -2.59. The number of carbonyl (C=O) groups is 1. The zero-order valence-corrected chi connectivity index (χ0v) is 14.7. The molecule has 0 amide bonds. The zero-order valence-electron chi connectivity index (χ0n) is 14.7. The van der Waals surface area contributed by atoms with E-state index in [9.17, 15) is 25.2 Å². The first-order valence-electron chi connectivity index (χ1n) is 8.59. The number of para-hydroxylation sites is 1. The summed E-state index contributed by atoms with van der Waals surface area (Å²) in [5.41, 5.74) is 3.13. The quantitative estimate of drug-likeness (QED) is 0.263. The highest BCUT2D eigenvalue weighted by molar-refractivity contribution is 5.92. The minimum Gasteiger partial charge on any atom is -0.423 e. The van der Waals surface area contributed by atoms with Crippen LogP contribution in [0.1, 0.15) is 10.4 Å². The molecule has 0 aliphatic carbocycles. The van der Waals surface area contributed by atoms with Gasteiger partial charge in [-0.15, -0.1) is 0 Å². The minimum atomic E-state index is -1.55. The van der Waals surface area contributed by atoms with Crippen molar-refractivity contribution in [2.45, 2.75) is 30.7 Å². The normalized spacial score (nSPS) is 27.2. The Balaban J connectivity index is 1.62. The number of hydrogen-bond donors (Lipinski definition) is 5. The van der Waals surface area contributed by atoms with Gasteiger partial charge in [-0.05, 0) is 30.3 Å². The Hall–Kier alpha value is -2.53. The molecule has 1 aliphatic heterocycles. The molecule has 0 aromatic heterocycles. The lowest BCUT2D eigenvalue weighted by molar-refractivity contribution is -0.294. The molecule has 2 aromatic rings. The molecule has 0 spiro atoms. The van der Waals surface area contributed by atoms with E-state index in [0.29, 0.717) is 11.4 Å². The molecule has 9 heteroatoms. The molecule has 1 saturated heterocycles. The summed E-state index contributed by atoms with van der Waals surface area (Å²) in [7, 11) is 0. The van der Waals surface area contributed by atoms with Crippen molar-refractivity contribution in [2.24, 2.45) is 0 Å². The Morgan fingerprint density at radius 2 is 1.75 bits per heavy atom. The van der Waals surface area contributed by atoms with Crippen LogP contribution in [0.15, 0.2) is 54.6 Å². The third kappa shape index (κ3) is 4.65. The zero-order chi connectivity index (χ0) is 20.1. The lowest BCUT2D eigenvalue weighted by atomic mass is 9.99. The molecule has 5 atom stereocenters. The van der Waals surface area contributed by atoms with E-state index < -0.39 is 43.3 Å². The number of rotatable bonds is 6. The van der Waals surface area contributed by atoms with Crippen molar-refractivity contribution in [1.29, 1.82) is 0 Å². The van der Waals surface area contributed by atoms with E-state index in [-0.39, 0.29) is 5.56 Å². The SMILES string of the molecule is O=C(Oc1ccccc1)c1cccc(NOC2O[C@H](CO)[C@@H](O)[C@H](O)[C@@H]2O)c1. The molecular formula is C19H21NO8. The molecule has 0 saturated carbocycles. The van der Waals surface area contributed by atoms with Crippen LogP contribution in [0.2, 0.25) is 0 Å². The van der Waals surface area contributed by atoms with Gasteiger partial charge >= 0.3 is 5.97 Å². The fourth-order valence-electron chi connectivity index (χ4n) is 2.66. The second-order valence-electron chi connectivity index (χ2n) is 6.20. The maximum absolute atomic E-state index is 12.2. The van der Waals surface area contributed by atoms with Crippen molar-refractivity contribution in [3.05, 3.63) is 60.2 Å². The average molecular weight is 391 g/mol. The van der Waals surface area contributed by atoms with Gasteiger partial charge in [-0.1, -0.05) is 24.3 Å². The number of carbonyl (C=O) groups excluding carboxylic acids is 1. The molecule has 1 aliphatic rings. The topological polar surface area (TPSA) is 138 Å². The number of esters is 1. The highest BCUT2D eigenvalue weighted by Crippen LogP contribution is 2.23. The van der Waals surface area contributed by atoms with Gasteiger partial charge in [0.05, 0.1) is 17.9 Å². The van der Waals surface area contributed by atoms with Crippen LogP contribution in [0.4, 0.5) is 5.69 Å². The van der Waals surface area contributed by atoms with Gasteiger partial charge in [0.1, 0.15) is 30.2 Å². The Morgan fingerprint density at radius 3 is 2.46 bits per heavy atom. The third-order valence-corrected chi connectivity index (χ3v) is 4.19. The van der Waals surface area contributed by atoms with Crippen molar-refractivity contribution < 1.29 is 39.5 Å². The van der Waals surface area contributed by atoms with E-state index in [2.05, 4.69) is 5.48 Å². The van der Waals surface area contributed by atoms with E-state index >= 15 is 0 Å². The number of ether oxygens (including phenoxy) is 2. The first-order chi connectivity index (χ1) is 13.5. The molecule has 0 bridgehead atoms. The van der Waals surface area contributed by atoms with Gasteiger partial charge in [0.15, 0.2) is 0 Å². The van der Waals surface area contributed by atoms with Crippen LogP contribution in [0.5, 0.6) is 5.75 Å². The highest BCUT2D eigenvalue weighted by Gasteiger charge is 2.44. The van der Waals surface area contributed by atoms with E-state index in [4.69, 9.17) is 14.3 Å². The number of benzene rings is 2. The largest absolute Gasteiger partial charge is 0.423 e. The van der Waals surface area contributed by atoms with Crippen LogP contribution >= 0.6 is 0 Å². The highest BCUT2D eigenvalue weighted by atomic mass is 16.8. The molecule has 5 N–H and O–H groups in total. The van der Waals surface area contributed by atoms with Crippen LogP contribution in [0.3, 0.4) is 0 Å². The van der Waals surface area contributed by atoms with Gasteiger partial charge in [-0.3, -0.25) is 5.48 Å². The van der Waals surface area contributed by atoms with Gasteiger partial charge in [-0.25, -0.2) is 9.63 Å². The summed E-state index contributed by atoms with van der Waals surface area (Å²) in [4.78, 5) is 17.5. The molecule has 2 aromatic carbocycles. The molecular weight excluding hydrogens is 370 g/mol. The summed E-state index contributed by atoms with van der Waals surface area (Å²) in [6, 6.07) is 14.8. The molecule has 9 nitrogen and oxygen atoms in total. The molecule has 1 fully saturated rings. The molecule has 1 unspecified atom stereocenters. The molecule has 150 valence electrons. The summed E-state index contributed by atoms with van der Waals surface area (Å²) in [5, 5.41) is 38.7. The number of anilines is 1. The summed E-state index contributed by atoms with van der Waals surface area (Å²) >= 11 is 0. The first kappa shape index (κ1) is 20.2. The Morgan fingerprint density at radius 1 is 1.00 bits per heavy atom. The van der Waals surface area contributed by atoms with E-state index in [1.54, 1.807) is 48.5 Å². The average Bonchev–Trinajstić information content (AvgIpc) is 2.72. The van der Waals surface area contributed by atoms with Gasteiger partial charge in [0.25, 0.3) is 0 Å². The summed E-state index contributed by atoms with van der Waals surface area (Å²) < 4.78 is 10.5. The lowest BCUT2D eigenvalue weighted by Gasteiger charge is -2.39. The smallest absolute Gasteiger partial charge is 0.343 e. The fraction of sp³-hybridized carbons (Fsp3) is 0.316. The molecule has 1 heterocycles. The van der Waals surface area contributed by atoms with Gasteiger partial charge in [-0.2, -0.15) is 0 Å². The van der Waals surface area contributed by atoms with Crippen LogP contribution < -0.4 is 10.2 Å². The number of hydrogen-bond acceptors (Lipinski definition) is 9. The van der Waals surface area contributed by atoms with Crippen molar-refractivity contribution >= 4 is 11.7 Å². The Bertz CT molecular complexity index is 785. The van der Waals surface area contributed by atoms with Crippen LogP contribution in [-0.4, -0.2) is 63.7 Å². The number of aliphatic hydroxyl groups is 4. The predicted molar refractivity (Wildman–Crippen MR) is 96.3 cm³/mol. The van der Waals surface area contributed by atoms with Crippen LogP contribution in [0.25, 0.3) is 0 Å². The minimum absolute atomic E-state index is 0.256. The summed E-state index contributed by atoms with van der Waals surface area (Å²) in [6.07, 6.45) is -7.01. The third-order valence-electron chi connectivity index (χ3n) is 4.19. The van der Waals surface area contributed by atoms with E-state index in [0.717, 1.165) is 0 Å². The predicted octanol–water partition coefficient (Wildman–Crippen LogP) is 0.0492. The maximum atomic E-state index is 12.2. The van der Waals surface area contributed by atoms with Crippen LogP contribution in [0, 0.1) is 0 Å². The summed E-state index contributed by atoms with van der Waals surface area (Å²) in [6.45, 7) is -0.564. The van der Waals surface area contributed by atoms with Crippen molar-refractivity contribution in [3.63, 3.8) is 0 Å². The number of aliphatic hydroxyl groups excluding tert-OH is 4. The van der Waals surface area contributed by atoms with Crippen LogP contribution in [-0.2, 0) is 9.57 Å². The summed E-state index contributed by atoms with van der Waals surface area (Å²) in [5.74, 6) is -0.161. The molecule has 0 radical (unpaired) electrons. The standard InChI is InChI=1S/C19H21NO8/c21-10-14-15(22)16(23)17(24)19(27-14)28-20-12-6-4-5-11(9-12)18(25)26-13-7-2-1-3-8-13/h1-9,14-17,19-24H,10H2/t14-,15-,16+,17+,19?/m1/s1. The Kier molecular flexibility index (Phi) is 6.57. The maximum Gasteiger partial charge on any atom is 0.343 e. The van der Waals surface area contributed by atoms with Crippen molar-refractivity contribution in [3.8, 4) is 5.75 Å². The monoisotopic (exact) mass is 391 g/mol. The van der Waals surface area contributed by atoms with Gasteiger partial charge in [0, 0.05) is 0 Å². The Labute approximate surface area is 160 Å². The van der Waals surface area contributed by atoms with E-state index in [1.807, 2.05) is 0 Å². The first-order valence-corrected chi connectivity index (χ1v) is 8.59. The van der Waals surface area contributed by atoms with E-state index in [1.165, 1.54) is 6.07 Å². The second kappa shape index (κ2) is 9.11. The fourth-order valence-corrected chi connectivity index (χ4v) is 2.66. The number of nitrogens with one attached hydrogen (secondary N) is 1. The second-order valence-corrected chi connectivity index (χ2v) is 6.20. The van der Waals surface area contributed by atoms with Crippen molar-refractivity contribution in [1.82, 2.24) is 0 Å². The van der Waals surface area contributed by atoms with Gasteiger partial charge in [0.2, 0.25) is 6.29 Å². The molecule has 3 rings (SSSR count). The van der Waals surface area contributed by atoms with Gasteiger partial charge < -0.3 is 29.9 Å². The van der Waals surface area contributed by atoms with Crippen molar-refractivity contribution in [2.75, 3.05) is 12.1 Å². The molecule has 28 heavy (non-hydrogen) atoms.